The number of fused-ring (bicyclic) bond motifs is 1. The Morgan fingerprint density at radius 1 is 1.14 bits per heavy atom. The maximum Gasteiger partial charge on any atom is 0.326 e. The van der Waals surface area contributed by atoms with Gasteiger partial charge in [-0.2, -0.15) is 4.99 Å². The van der Waals surface area contributed by atoms with Crippen LogP contribution in [0, 0.1) is 6.92 Å². The molecule has 3 rings (SSSR count). The van der Waals surface area contributed by atoms with Crippen LogP contribution >= 0.6 is 11.3 Å². The molecule has 3 aromatic rings. The molecule has 0 aliphatic rings. The van der Waals surface area contributed by atoms with Crippen LogP contribution in [0.4, 0.5) is 0 Å². The molecule has 1 heterocycles. The minimum Gasteiger partial charge on any atom is -0.497 e. The Balaban J connectivity index is 1.94. The molecular weight excluding hydrogens is 376 g/mol. The average molecular weight is 398 g/mol. The number of ether oxygens (including phenoxy) is 2. The number of carbonyl (C=O) groups excluding carboxylic acids is 2. The Bertz CT molecular complexity index is 1060. The van der Waals surface area contributed by atoms with Gasteiger partial charge in [0, 0.05) is 0 Å². The van der Waals surface area contributed by atoms with E-state index in [9.17, 15) is 9.59 Å². The largest absolute Gasteiger partial charge is 0.497 e. The Kier molecular flexibility index (Phi) is 6.26. The number of esters is 1. The van der Waals surface area contributed by atoms with Crippen LogP contribution in [0.3, 0.4) is 0 Å². The molecule has 6 nitrogen and oxygen atoms in total. The molecule has 7 heteroatoms. The third-order valence-electron chi connectivity index (χ3n) is 4.17. The van der Waals surface area contributed by atoms with Crippen molar-refractivity contribution in [3.05, 3.63) is 58.4 Å². The van der Waals surface area contributed by atoms with E-state index in [4.69, 9.17) is 9.47 Å². The SMILES string of the molecule is CCOC(=O)Cn1c(=NC(=O)Cc2ccc(OC)cc2)sc2cc(C)ccc21. The van der Waals surface area contributed by atoms with Gasteiger partial charge in [0.1, 0.15) is 12.3 Å². The summed E-state index contributed by atoms with van der Waals surface area (Å²) < 4.78 is 12.9. The number of aromatic nitrogens is 1. The minimum atomic E-state index is -0.355. The van der Waals surface area contributed by atoms with E-state index in [1.165, 1.54) is 11.3 Å². The molecule has 146 valence electrons. The van der Waals surface area contributed by atoms with Gasteiger partial charge in [0.25, 0.3) is 5.91 Å². The van der Waals surface area contributed by atoms with Gasteiger partial charge in [-0.05, 0) is 49.2 Å². The van der Waals surface area contributed by atoms with Gasteiger partial charge in [-0.25, -0.2) is 0 Å². The minimum absolute atomic E-state index is 0.0194. The number of hydrogen-bond donors (Lipinski definition) is 0. The van der Waals surface area contributed by atoms with Crippen molar-refractivity contribution in [2.24, 2.45) is 4.99 Å². The number of nitrogens with zero attached hydrogens (tertiary/aromatic N) is 2. The van der Waals surface area contributed by atoms with Crippen LogP contribution in [0.25, 0.3) is 10.2 Å². The van der Waals surface area contributed by atoms with Crippen molar-refractivity contribution < 1.29 is 19.1 Å². The molecule has 0 aliphatic carbocycles. The number of hydrogen-bond acceptors (Lipinski definition) is 5. The zero-order valence-corrected chi connectivity index (χ0v) is 16.9. The highest BCUT2D eigenvalue weighted by atomic mass is 32.1. The summed E-state index contributed by atoms with van der Waals surface area (Å²) in [6.07, 6.45) is 0.177. The lowest BCUT2D eigenvalue weighted by Gasteiger charge is -2.05. The first-order valence-corrected chi connectivity index (χ1v) is 9.78. The summed E-state index contributed by atoms with van der Waals surface area (Å²) in [5, 5.41) is 0. The van der Waals surface area contributed by atoms with E-state index >= 15 is 0 Å². The van der Waals surface area contributed by atoms with E-state index < -0.39 is 0 Å². The zero-order chi connectivity index (χ0) is 20.1. The topological polar surface area (TPSA) is 69.9 Å². The Morgan fingerprint density at radius 3 is 2.57 bits per heavy atom. The summed E-state index contributed by atoms with van der Waals surface area (Å²) in [6, 6.07) is 13.2. The van der Waals surface area contributed by atoms with Crippen molar-refractivity contribution >= 4 is 33.4 Å². The highest BCUT2D eigenvalue weighted by molar-refractivity contribution is 7.16. The van der Waals surface area contributed by atoms with Crippen LogP contribution in [0.1, 0.15) is 18.1 Å². The number of benzene rings is 2. The van der Waals surface area contributed by atoms with E-state index in [0.717, 1.165) is 27.1 Å². The van der Waals surface area contributed by atoms with Gasteiger partial charge in [-0.1, -0.05) is 29.5 Å². The average Bonchev–Trinajstić information content (AvgIpc) is 2.98. The molecule has 0 spiro atoms. The van der Waals surface area contributed by atoms with Crippen molar-refractivity contribution in [2.75, 3.05) is 13.7 Å². The first-order valence-electron chi connectivity index (χ1n) is 8.96. The maximum atomic E-state index is 12.5. The molecule has 0 atom stereocenters. The third kappa shape index (κ3) is 4.67. The Labute approximate surface area is 167 Å². The first-order chi connectivity index (χ1) is 13.5. The molecule has 28 heavy (non-hydrogen) atoms. The fourth-order valence-corrected chi connectivity index (χ4v) is 3.96. The second kappa shape index (κ2) is 8.84. The molecule has 1 amide bonds. The van der Waals surface area contributed by atoms with E-state index in [-0.39, 0.29) is 24.8 Å². The molecule has 0 N–H and O–H groups in total. The molecule has 0 saturated carbocycles. The fraction of sp³-hybridized carbons (Fsp3) is 0.286. The van der Waals surface area contributed by atoms with Crippen LogP contribution in [0.15, 0.2) is 47.5 Å². The Morgan fingerprint density at radius 2 is 1.89 bits per heavy atom. The number of amides is 1. The fourth-order valence-electron chi connectivity index (χ4n) is 2.82. The van der Waals surface area contributed by atoms with Gasteiger partial charge in [0.2, 0.25) is 0 Å². The summed E-state index contributed by atoms with van der Waals surface area (Å²) in [5.74, 6) is 0.109. The van der Waals surface area contributed by atoms with Crippen LogP contribution in [0.2, 0.25) is 0 Å². The lowest BCUT2D eigenvalue weighted by atomic mass is 10.1. The van der Waals surface area contributed by atoms with E-state index in [2.05, 4.69) is 4.99 Å². The standard InChI is InChI=1S/C21H22N2O4S/c1-4-27-20(25)13-23-17-10-5-14(2)11-18(17)28-21(23)22-19(24)12-15-6-8-16(26-3)9-7-15/h5-11H,4,12-13H2,1-3H3. The van der Waals surface area contributed by atoms with Gasteiger partial charge in [-0.3, -0.25) is 9.59 Å². The lowest BCUT2D eigenvalue weighted by Crippen LogP contribution is -2.23. The second-order valence-electron chi connectivity index (χ2n) is 6.28. The van der Waals surface area contributed by atoms with E-state index in [1.807, 2.05) is 49.4 Å². The number of thiazole rings is 1. The zero-order valence-electron chi connectivity index (χ0n) is 16.1. The number of carbonyl (C=O) groups is 2. The molecule has 0 fully saturated rings. The van der Waals surface area contributed by atoms with Gasteiger partial charge < -0.3 is 14.0 Å². The molecule has 1 aromatic heterocycles. The van der Waals surface area contributed by atoms with Crippen molar-refractivity contribution in [2.45, 2.75) is 26.8 Å². The monoisotopic (exact) mass is 398 g/mol. The van der Waals surface area contributed by atoms with Crippen molar-refractivity contribution in [3.63, 3.8) is 0 Å². The Hall–Kier alpha value is -2.93. The quantitative estimate of drug-likeness (QED) is 0.598. The van der Waals surface area contributed by atoms with Gasteiger partial charge >= 0.3 is 5.97 Å². The van der Waals surface area contributed by atoms with Gasteiger partial charge in [-0.15, -0.1) is 0 Å². The van der Waals surface area contributed by atoms with E-state index in [0.29, 0.717) is 11.4 Å². The summed E-state index contributed by atoms with van der Waals surface area (Å²) >= 11 is 1.39. The molecule has 0 unspecified atom stereocenters. The normalized spacial score (nSPS) is 11.6. The predicted molar refractivity (Wildman–Crippen MR) is 108 cm³/mol. The van der Waals surface area contributed by atoms with Crippen LogP contribution in [0.5, 0.6) is 5.75 Å². The predicted octanol–water partition coefficient (Wildman–Crippen LogP) is 3.25. The maximum absolute atomic E-state index is 12.5. The molecule has 0 aliphatic heterocycles. The number of rotatable bonds is 6. The summed E-state index contributed by atoms with van der Waals surface area (Å²) in [4.78, 5) is 29.3. The van der Waals surface area contributed by atoms with Crippen molar-refractivity contribution in [3.8, 4) is 5.75 Å². The second-order valence-corrected chi connectivity index (χ2v) is 7.29. The van der Waals surface area contributed by atoms with Crippen LogP contribution < -0.4 is 9.54 Å². The summed E-state index contributed by atoms with van der Waals surface area (Å²) in [5.41, 5.74) is 2.82. The molecule has 2 aromatic carbocycles. The smallest absolute Gasteiger partial charge is 0.326 e. The molecular formula is C21H22N2O4S. The van der Waals surface area contributed by atoms with Crippen molar-refractivity contribution in [1.29, 1.82) is 0 Å². The summed E-state index contributed by atoms with van der Waals surface area (Å²) in [6.45, 7) is 4.09. The first kappa shape index (κ1) is 19.8. The van der Waals surface area contributed by atoms with Crippen LogP contribution in [-0.4, -0.2) is 30.2 Å². The lowest BCUT2D eigenvalue weighted by molar-refractivity contribution is -0.143. The number of methoxy groups -OCH3 is 1. The summed E-state index contributed by atoms with van der Waals surface area (Å²) in [7, 11) is 1.60. The molecule has 0 saturated heterocycles. The van der Waals surface area contributed by atoms with Gasteiger partial charge in [0.05, 0.1) is 30.4 Å². The highest BCUT2D eigenvalue weighted by Crippen LogP contribution is 2.19. The van der Waals surface area contributed by atoms with E-state index in [1.54, 1.807) is 18.6 Å². The molecule has 0 bridgehead atoms. The van der Waals surface area contributed by atoms with Crippen LogP contribution in [-0.2, 0) is 27.3 Å². The highest BCUT2D eigenvalue weighted by Gasteiger charge is 2.12. The number of aryl methyl sites for hydroxylation is 1. The molecule has 0 radical (unpaired) electrons. The van der Waals surface area contributed by atoms with Crippen molar-refractivity contribution in [1.82, 2.24) is 4.57 Å². The van der Waals surface area contributed by atoms with Gasteiger partial charge in [0.15, 0.2) is 4.80 Å². The third-order valence-corrected chi connectivity index (χ3v) is 5.21.